The van der Waals surface area contributed by atoms with Crippen molar-refractivity contribution >= 4 is 11.7 Å². The highest BCUT2D eigenvalue weighted by Crippen LogP contribution is 2.45. The Labute approximate surface area is 143 Å². The van der Waals surface area contributed by atoms with Gasteiger partial charge in [-0.3, -0.25) is 0 Å². The van der Waals surface area contributed by atoms with E-state index in [0.717, 1.165) is 12.2 Å². The number of esters is 1. The van der Waals surface area contributed by atoms with Crippen LogP contribution in [0.3, 0.4) is 0 Å². The molecule has 2 heterocycles. The second-order valence-electron chi connectivity index (χ2n) is 7.27. The zero-order chi connectivity index (χ0) is 17.5. The maximum atomic E-state index is 11.6. The molecule has 0 aliphatic carbocycles. The van der Waals surface area contributed by atoms with Crippen molar-refractivity contribution in [2.75, 3.05) is 12.0 Å². The molecule has 0 saturated heterocycles. The van der Waals surface area contributed by atoms with E-state index >= 15 is 0 Å². The third-order valence-corrected chi connectivity index (χ3v) is 4.97. The van der Waals surface area contributed by atoms with Crippen LogP contribution in [0.4, 0.5) is 5.69 Å². The number of hydrogen-bond acceptors (Lipinski definition) is 4. The van der Waals surface area contributed by atoms with Crippen LogP contribution in [0.25, 0.3) is 0 Å². The SMILES string of the molecule is COC(=O)c1ccc(CN2c3c(C)cccc3[C@H](C)CC2(C)C)o1. The summed E-state index contributed by atoms with van der Waals surface area (Å²) in [5.41, 5.74) is 3.95. The van der Waals surface area contributed by atoms with Gasteiger partial charge in [0.2, 0.25) is 5.76 Å². The van der Waals surface area contributed by atoms with Gasteiger partial charge in [-0.25, -0.2) is 4.79 Å². The van der Waals surface area contributed by atoms with E-state index in [1.165, 1.54) is 23.9 Å². The van der Waals surface area contributed by atoms with Gasteiger partial charge >= 0.3 is 5.97 Å². The number of fused-ring (bicyclic) bond motifs is 1. The monoisotopic (exact) mass is 327 g/mol. The number of rotatable bonds is 3. The van der Waals surface area contributed by atoms with Crippen LogP contribution in [-0.2, 0) is 11.3 Å². The third-order valence-electron chi connectivity index (χ3n) is 4.97. The average molecular weight is 327 g/mol. The van der Waals surface area contributed by atoms with Gasteiger partial charge in [0.1, 0.15) is 5.76 Å². The molecule has 0 unspecified atom stereocenters. The zero-order valence-electron chi connectivity index (χ0n) is 15.1. The van der Waals surface area contributed by atoms with E-state index in [4.69, 9.17) is 9.15 Å². The van der Waals surface area contributed by atoms with Crippen LogP contribution in [0.2, 0.25) is 0 Å². The highest BCUT2D eigenvalue weighted by Gasteiger charge is 2.37. The fourth-order valence-corrected chi connectivity index (χ4v) is 3.84. The van der Waals surface area contributed by atoms with Gasteiger partial charge in [-0.15, -0.1) is 0 Å². The van der Waals surface area contributed by atoms with Crippen molar-refractivity contribution in [3.63, 3.8) is 0 Å². The minimum absolute atomic E-state index is 0.0107. The fourth-order valence-electron chi connectivity index (χ4n) is 3.84. The molecule has 0 saturated carbocycles. The molecule has 0 radical (unpaired) electrons. The number of carbonyl (C=O) groups is 1. The summed E-state index contributed by atoms with van der Waals surface area (Å²) in [7, 11) is 1.36. The molecular formula is C20H25NO3. The number of aryl methyl sites for hydroxylation is 1. The highest BCUT2D eigenvalue weighted by molar-refractivity contribution is 5.86. The Morgan fingerprint density at radius 2 is 2.08 bits per heavy atom. The standard InChI is InChI=1S/C20H25NO3/c1-13-7-6-8-16-14(2)11-20(3,4)21(18(13)16)12-15-9-10-17(24-15)19(22)23-5/h6-10,14H,11-12H2,1-5H3/t14-/m1/s1. The van der Waals surface area contributed by atoms with Crippen LogP contribution in [0.1, 0.15) is 60.6 Å². The topological polar surface area (TPSA) is 42.7 Å². The summed E-state index contributed by atoms with van der Waals surface area (Å²) in [6.45, 7) is 9.61. The van der Waals surface area contributed by atoms with Crippen LogP contribution in [0.15, 0.2) is 34.7 Å². The third kappa shape index (κ3) is 2.81. The molecule has 2 aromatic rings. The molecule has 0 spiro atoms. The van der Waals surface area contributed by atoms with Crippen LogP contribution < -0.4 is 4.90 Å². The van der Waals surface area contributed by atoms with Crippen molar-refractivity contribution in [1.29, 1.82) is 0 Å². The van der Waals surface area contributed by atoms with Gasteiger partial charge in [0.25, 0.3) is 0 Å². The van der Waals surface area contributed by atoms with E-state index < -0.39 is 5.97 Å². The number of benzene rings is 1. The molecule has 0 N–H and O–H groups in total. The summed E-state index contributed by atoms with van der Waals surface area (Å²) < 4.78 is 10.4. The number of furan rings is 1. The summed E-state index contributed by atoms with van der Waals surface area (Å²) in [5.74, 6) is 1.10. The van der Waals surface area contributed by atoms with Crippen LogP contribution >= 0.6 is 0 Å². The van der Waals surface area contributed by atoms with Gasteiger partial charge in [-0.05, 0) is 56.4 Å². The van der Waals surface area contributed by atoms with Crippen molar-refractivity contribution in [2.45, 2.75) is 52.1 Å². The number of hydrogen-bond donors (Lipinski definition) is 0. The van der Waals surface area contributed by atoms with E-state index in [-0.39, 0.29) is 11.3 Å². The minimum atomic E-state index is -0.440. The molecule has 1 aliphatic rings. The smallest absolute Gasteiger partial charge is 0.373 e. The molecule has 0 fully saturated rings. The summed E-state index contributed by atoms with van der Waals surface area (Å²) >= 11 is 0. The van der Waals surface area contributed by atoms with Gasteiger partial charge in [0, 0.05) is 11.2 Å². The van der Waals surface area contributed by atoms with Crippen molar-refractivity contribution in [2.24, 2.45) is 0 Å². The molecule has 0 amide bonds. The van der Waals surface area contributed by atoms with E-state index in [1.54, 1.807) is 6.07 Å². The lowest BCUT2D eigenvalue weighted by Crippen LogP contribution is -2.48. The Bertz CT molecular complexity index is 760. The number of ether oxygens (including phenoxy) is 1. The lowest BCUT2D eigenvalue weighted by molar-refractivity contribution is 0.0563. The predicted octanol–water partition coefficient (Wildman–Crippen LogP) is 4.67. The second kappa shape index (κ2) is 6.00. The van der Waals surface area contributed by atoms with Crippen molar-refractivity contribution in [3.8, 4) is 0 Å². The van der Waals surface area contributed by atoms with Crippen LogP contribution in [-0.4, -0.2) is 18.6 Å². The molecule has 1 atom stereocenters. The van der Waals surface area contributed by atoms with E-state index in [9.17, 15) is 4.79 Å². The van der Waals surface area contributed by atoms with Gasteiger partial charge in [0.05, 0.1) is 13.7 Å². The molecule has 4 heteroatoms. The normalized spacial score (nSPS) is 19.0. The summed E-state index contributed by atoms with van der Waals surface area (Å²) in [6, 6.07) is 10.0. The first-order chi connectivity index (χ1) is 11.3. The molecule has 1 aromatic carbocycles. The van der Waals surface area contributed by atoms with Gasteiger partial charge in [-0.1, -0.05) is 25.1 Å². The summed E-state index contributed by atoms with van der Waals surface area (Å²) in [6.07, 6.45) is 1.08. The first-order valence-electron chi connectivity index (χ1n) is 8.37. The number of para-hydroxylation sites is 1. The molecule has 0 bridgehead atoms. The predicted molar refractivity (Wildman–Crippen MR) is 94.5 cm³/mol. The molecule has 1 aromatic heterocycles. The van der Waals surface area contributed by atoms with E-state index in [2.05, 4.69) is 50.8 Å². The van der Waals surface area contributed by atoms with E-state index in [0.29, 0.717) is 12.5 Å². The molecule has 1 aliphatic heterocycles. The Morgan fingerprint density at radius 1 is 1.33 bits per heavy atom. The maximum Gasteiger partial charge on any atom is 0.373 e. The minimum Gasteiger partial charge on any atom is -0.463 e. The van der Waals surface area contributed by atoms with Gasteiger partial charge in [-0.2, -0.15) is 0 Å². The van der Waals surface area contributed by atoms with E-state index in [1.807, 2.05) is 6.07 Å². The first kappa shape index (κ1) is 16.6. The lowest BCUT2D eigenvalue weighted by Gasteiger charge is -2.48. The first-order valence-corrected chi connectivity index (χ1v) is 8.37. The molecule has 4 nitrogen and oxygen atoms in total. The van der Waals surface area contributed by atoms with Gasteiger partial charge < -0.3 is 14.1 Å². The zero-order valence-corrected chi connectivity index (χ0v) is 15.1. The van der Waals surface area contributed by atoms with Crippen molar-refractivity contribution in [3.05, 3.63) is 53.0 Å². The lowest BCUT2D eigenvalue weighted by atomic mass is 9.79. The Morgan fingerprint density at radius 3 is 2.79 bits per heavy atom. The number of anilines is 1. The fraction of sp³-hybridized carbons (Fsp3) is 0.450. The Hall–Kier alpha value is -2.23. The molecule has 3 rings (SSSR count). The Kier molecular flexibility index (Phi) is 4.16. The quantitative estimate of drug-likeness (QED) is 0.769. The summed E-state index contributed by atoms with van der Waals surface area (Å²) in [4.78, 5) is 14.0. The average Bonchev–Trinajstić information content (AvgIpc) is 2.99. The summed E-state index contributed by atoms with van der Waals surface area (Å²) in [5, 5.41) is 0. The van der Waals surface area contributed by atoms with Crippen LogP contribution in [0.5, 0.6) is 0 Å². The second-order valence-corrected chi connectivity index (χ2v) is 7.27. The Balaban J connectivity index is 1.98. The maximum absolute atomic E-state index is 11.6. The number of methoxy groups -OCH3 is 1. The highest BCUT2D eigenvalue weighted by atomic mass is 16.5. The number of nitrogens with zero attached hydrogens (tertiary/aromatic N) is 1. The number of carbonyl (C=O) groups excluding carboxylic acids is 1. The van der Waals surface area contributed by atoms with Crippen molar-refractivity contribution < 1.29 is 13.9 Å². The molecular weight excluding hydrogens is 302 g/mol. The largest absolute Gasteiger partial charge is 0.463 e. The molecule has 24 heavy (non-hydrogen) atoms. The van der Waals surface area contributed by atoms with Crippen molar-refractivity contribution in [1.82, 2.24) is 0 Å². The van der Waals surface area contributed by atoms with Gasteiger partial charge in [0.15, 0.2) is 0 Å². The molecule has 128 valence electrons. The van der Waals surface area contributed by atoms with Crippen LogP contribution in [0, 0.1) is 6.92 Å².